The molecule has 20 heavy (non-hydrogen) atoms. The van der Waals surface area contributed by atoms with Crippen molar-refractivity contribution >= 4 is 5.97 Å². The van der Waals surface area contributed by atoms with E-state index < -0.39 is 37.0 Å². The summed E-state index contributed by atoms with van der Waals surface area (Å²) in [5.74, 6) is -0.813. The molecule has 5 N–H and O–H groups in total. The third-order valence-corrected chi connectivity index (χ3v) is 2.95. The molecule has 0 saturated heterocycles. The molecular formula is C13H24O7. The van der Waals surface area contributed by atoms with Gasteiger partial charge in [-0.2, -0.15) is 0 Å². The Labute approximate surface area is 118 Å². The smallest absolute Gasteiger partial charge is 0.333 e. The summed E-state index contributed by atoms with van der Waals surface area (Å²) < 4.78 is 5.09. The van der Waals surface area contributed by atoms with Gasteiger partial charge in [0.15, 0.2) is 5.60 Å². The molecule has 0 heterocycles. The summed E-state index contributed by atoms with van der Waals surface area (Å²) in [6.07, 6.45) is -2.57. The maximum absolute atomic E-state index is 11.6. The second kappa shape index (κ2) is 9.04. The predicted molar refractivity (Wildman–Crippen MR) is 70.8 cm³/mol. The van der Waals surface area contributed by atoms with Gasteiger partial charge in [0.1, 0.15) is 0 Å². The van der Waals surface area contributed by atoms with E-state index in [0.29, 0.717) is 0 Å². The average molecular weight is 292 g/mol. The van der Waals surface area contributed by atoms with Gasteiger partial charge in [-0.3, -0.25) is 0 Å². The third-order valence-electron chi connectivity index (χ3n) is 2.95. The van der Waals surface area contributed by atoms with Crippen molar-refractivity contribution in [2.75, 3.05) is 19.8 Å². The van der Waals surface area contributed by atoms with E-state index in [-0.39, 0.29) is 31.4 Å². The first-order valence-corrected chi connectivity index (χ1v) is 6.40. The number of rotatable bonds is 10. The van der Waals surface area contributed by atoms with Crippen LogP contribution in [0.25, 0.3) is 0 Å². The highest BCUT2D eigenvalue weighted by Crippen LogP contribution is 2.27. The lowest BCUT2D eigenvalue weighted by Gasteiger charge is -2.37. The van der Waals surface area contributed by atoms with E-state index in [2.05, 4.69) is 6.58 Å². The Morgan fingerprint density at radius 1 is 1.30 bits per heavy atom. The molecule has 0 amide bonds. The lowest BCUT2D eigenvalue weighted by atomic mass is 9.87. The Kier molecular flexibility index (Phi) is 8.59. The molecule has 0 aromatic carbocycles. The van der Waals surface area contributed by atoms with E-state index in [1.165, 1.54) is 6.92 Å². The normalized spacial score (nSPS) is 17.1. The van der Waals surface area contributed by atoms with Gasteiger partial charge in [0.25, 0.3) is 0 Å². The van der Waals surface area contributed by atoms with Crippen molar-refractivity contribution in [2.24, 2.45) is 0 Å². The maximum atomic E-state index is 11.6. The first-order chi connectivity index (χ1) is 9.32. The van der Waals surface area contributed by atoms with Crippen molar-refractivity contribution in [2.45, 2.75) is 44.0 Å². The highest BCUT2D eigenvalue weighted by molar-refractivity contribution is 5.87. The number of esters is 1. The molecule has 7 heteroatoms. The molecule has 0 aliphatic rings. The van der Waals surface area contributed by atoms with E-state index in [9.17, 15) is 20.1 Å². The van der Waals surface area contributed by atoms with Crippen LogP contribution in [0, 0.1) is 0 Å². The topological polar surface area (TPSA) is 127 Å². The number of carbonyl (C=O) groups is 1. The Hall–Kier alpha value is -0.990. The minimum Gasteiger partial charge on any atom is -0.450 e. The summed E-state index contributed by atoms with van der Waals surface area (Å²) in [7, 11) is 0. The second-order valence-corrected chi connectivity index (χ2v) is 4.81. The average Bonchev–Trinajstić information content (AvgIpc) is 2.43. The fraction of sp³-hybridized carbons (Fsp3) is 0.769. The molecule has 0 fully saturated rings. The number of carbonyl (C=O) groups excluding carboxylic acids is 1. The standard InChI is InChI=1S/C13H24O7/c1-9(2)12(19)20-13(8-16,6-10(17)7-15)11(18)4-3-5-14/h10-11,14-18H,1,3-8H2,2H3. The van der Waals surface area contributed by atoms with Crippen molar-refractivity contribution in [3.63, 3.8) is 0 Å². The second-order valence-electron chi connectivity index (χ2n) is 4.81. The van der Waals surface area contributed by atoms with Crippen molar-refractivity contribution in [1.29, 1.82) is 0 Å². The van der Waals surface area contributed by atoms with Crippen LogP contribution in [0.5, 0.6) is 0 Å². The molecule has 0 saturated carbocycles. The van der Waals surface area contributed by atoms with Gasteiger partial charge >= 0.3 is 5.97 Å². The fourth-order valence-corrected chi connectivity index (χ4v) is 1.73. The highest BCUT2D eigenvalue weighted by atomic mass is 16.6. The van der Waals surface area contributed by atoms with Gasteiger partial charge in [-0.1, -0.05) is 6.58 Å². The van der Waals surface area contributed by atoms with E-state index in [4.69, 9.17) is 14.9 Å². The van der Waals surface area contributed by atoms with Crippen molar-refractivity contribution < 1.29 is 35.1 Å². The SMILES string of the molecule is C=C(C)C(=O)OC(CO)(CC(O)CO)C(O)CCCO. The first kappa shape index (κ1) is 19.0. The lowest BCUT2D eigenvalue weighted by Crippen LogP contribution is -2.52. The van der Waals surface area contributed by atoms with Crippen LogP contribution in [0.15, 0.2) is 12.2 Å². The molecule has 3 atom stereocenters. The van der Waals surface area contributed by atoms with Gasteiger partial charge in [-0.05, 0) is 19.8 Å². The molecule has 0 radical (unpaired) electrons. The summed E-state index contributed by atoms with van der Waals surface area (Å²) >= 11 is 0. The molecular weight excluding hydrogens is 268 g/mol. The van der Waals surface area contributed by atoms with Gasteiger partial charge in [0.2, 0.25) is 0 Å². The summed E-state index contributed by atoms with van der Waals surface area (Å²) in [6.45, 7) is 3.32. The zero-order valence-corrected chi connectivity index (χ0v) is 11.7. The predicted octanol–water partition coefficient (Wildman–Crippen LogP) is -1.29. The maximum Gasteiger partial charge on any atom is 0.333 e. The van der Waals surface area contributed by atoms with Gasteiger partial charge in [-0.15, -0.1) is 0 Å². The molecule has 3 unspecified atom stereocenters. The Morgan fingerprint density at radius 3 is 2.30 bits per heavy atom. The van der Waals surface area contributed by atoms with Crippen LogP contribution >= 0.6 is 0 Å². The Balaban J connectivity index is 5.14. The van der Waals surface area contributed by atoms with Crippen LogP contribution in [0.1, 0.15) is 26.2 Å². The number of hydrogen-bond acceptors (Lipinski definition) is 7. The van der Waals surface area contributed by atoms with Crippen LogP contribution in [-0.4, -0.2) is 69.1 Å². The zero-order valence-electron chi connectivity index (χ0n) is 11.7. The van der Waals surface area contributed by atoms with E-state index >= 15 is 0 Å². The molecule has 0 spiro atoms. The first-order valence-electron chi connectivity index (χ1n) is 6.40. The molecule has 118 valence electrons. The zero-order chi connectivity index (χ0) is 15.8. The molecule has 0 bridgehead atoms. The minimum atomic E-state index is -1.74. The number of aliphatic hydroxyl groups excluding tert-OH is 5. The number of aliphatic hydroxyl groups is 5. The van der Waals surface area contributed by atoms with Crippen LogP contribution < -0.4 is 0 Å². The lowest BCUT2D eigenvalue weighted by molar-refractivity contribution is -0.186. The number of hydrogen-bond donors (Lipinski definition) is 5. The van der Waals surface area contributed by atoms with E-state index in [0.717, 1.165) is 0 Å². The van der Waals surface area contributed by atoms with E-state index in [1.54, 1.807) is 0 Å². The molecule has 0 aromatic rings. The quantitative estimate of drug-likeness (QED) is 0.250. The summed E-state index contributed by atoms with van der Waals surface area (Å²) in [4.78, 5) is 11.6. The highest BCUT2D eigenvalue weighted by Gasteiger charge is 2.43. The van der Waals surface area contributed by atoms with Crippen LogP contribution in [-0.2, 0) is 9.53 Å². The molecule has 0 aliphatic heterocycles. The third kappa shape index (κ3) is 5.56. The van der Waals surface area contributed by atoms with Gasteiger partial charge in [0.05, 0.1) is 25.4 Å². The van der Waals surface area contributed by atoms with Crippen molar-refractivity contribution in [3.05, 3.63) is 12.2 Å². The Morgan fingerprint density at radius 2 is 1.90 bits per heavy atom. The van der Waals surface area contributed by atoms with Gasteiger partial charge in [0, 0.05) is 18.6 Å². The van der Waals surface area contributed by atoms with Gasteiger partial charge < -0.3 is 30.3 Å². The summed E-state index contributed by atoms with van der Waals surface area (Å²) in [5, 5.41) is 46.8. The van der Waals surface area contributed by atoms with Crippen LogP contribution in [0.4, 0.5) is 0 Å². The molecule has 0 aromatic heterocycles. The van der Waals surface area contributed by atoms with Gasteiger partial charge in [-0.25, -0.2) is 4.79 Å². The fourth-order valence-electron chi connectivity index (χ4n) is 1.73. The Bertz CT molecular complexity index is 318. The van der Waals surface area contributed by atoms with Crippen LogP contribution in [0.3, 0.4) is 0 Å². The van der Waals surface area contributed by atoms with Crippen molar-refractivity contribution in [3.8, 4) is 0 Å². The van der Waals surface area contributed by atoms with E-state index in [1.807, 2.05) is 0 Å². The number of ether oxygens (including phenoxy) is 1. The van der Waals surface area contributed by atoms with Crippen molar-refractivity contribution in [1.82, 2.24) is 0 Å². The summed E-state index contributed by atoms with van der Waals surface area (Å²) in [5.41, 5.74) is -1.66. The molecule has 0 aliphatic carbocycles. The summed E-state index contributed by atoms with van der Waals surface area (Å²) in [6, 6.07) is 0. The van der Waals surface area contributed by atoms with Crippen LogP contribution in [0.2, 0.25) is 0 Å². The molecule has 7 nitrogen and oxygen atoms in total. The molecule has 0 rings (SSSR count). The minimum absolute atomic E-state index is 0.0681. The monoisotopic (exact) mass is 292 g/mol. The largest absolute Gasteiger partial charge is 0.450 e.